The fourth-order valence-corrected chi connectivity index (χ4v) is 1.82. The van der Waals surface area contributed by atoms with Crippen LogP contribution in [-0.4, -0.2) is 26.2 Å². The van der Waals surface area contributed by atoms with E-state index < -0.39 is 0 Å². The number of carbonyl (C=O) groups is 1. The molecule has 0 aromatic heterocycles. The third-order valence-corrected chi connectivity index (χ3v) is 3.05. The van der Waals surface area contributed by atoms with Crippen LogP contribution >= 0.6 is 15.9 Å². The Hall–Kier alpha value is -0.870. The van der Waals surface area contributed by atoms with Crippen LogP contribution in [0.15, 0.2) is 24.3 Å². The number of hydrogen-bond acceptors (Lipinski definition) is 2. The highest BCUT2D eigenvalue weighted by atomic mass is 79.9. The number of carbonyl (C=O) groups excluding carboxylic acids is 1. The minimum absolute atomic E-state index is 0.00906. The lowest BCUT2D eigenvalue weighted by atomic mass is 10.1. The molecule has 0 saturated heterocycles. The van der Waals surface area contributed by atoms with E-state index in [4.69, 9.17) is 4.74 Å². The molecule has 0 aliphatic heterocycles. The molecule has 94 valence electrons. The summed E-state index contributed by atoms with van der Waals surface area (Å²) < 4.78 is 4.95. The smallest absolute Gasteiger partial charge is 0.251 e. The zero-order valence-corrected chi connectivity index (χ0v) is 11.6. The zero-order chi connectivity index (χ0) is 12.5. The maximum absolute atomic E-state index is 11.8. The van der Waals surface area contributed by atoms with Gasteiger partial charge >= 0.3 is 0 Å². The van der Waals surface area contributed by atoms with Crippen molar-refractivity contribution >= 4 is 21.8 Å². The van der Waals surface area contributed by atoms with Gasteiger partial charge in [-0.15, -0.1) is 0 Å². The largest absolute Gasteiger partial charge is 0.385 e. The summed E-state index contributed by atoms with van der Waals surface area (Å²) in [4.78, 5) is 11.8. The molecule has 0 saturated carbocycles. The first-order valence-corrected chi connectivity index (χ1v) is 6.82. The Bertz CT molecular complexity index is 355. The van der Waals surface area contributed by atoms with Crippen LogP contribution in [0, 0.1) is 0 Å². The van der Waals surface area contributed by atoms with Gasteiger partial charge in [0.1, 0.15) is 0 Å². The van der Waals surface area contributed by atoms with Crippen molar-refractivity contribution in [3.05, 3.63) is 35.4 Å². The summed E-state index contributed by atoms with van der Waals surface area (Å²) in [5.74, 6) is -0.00906. The predicted octanol–water partition coefficient (Wildman–Crippen LogP) is 2.74. The van der Waals surface area contributed by atoms with Crippen molar-refractivity contribution in [2.45, 2.75) is 18.2 Å². The highest BCUT2D eigenvalue weighted by Crippen LogP contribution is 2.08. The maximum Gasteiger partial charge on any atom is 0.251 e. The number of ether oxygens (including phenoxy) is 1. The Labute approximate surface area is 111 Å². The van der Waals surface area contributed by atoms with E-state index in [1.807, 2.05) is 24.3 Å². The van der Waals surface area contributed by atoms with Gasteiger partial charge in [-0.05, 0) is 30.5 Å². The van der Waals surface area contributed by atoms with Crippen LogP contribution in [0.2, 0.25) is 0 Å². The summed E-state index contributed by atoms with van der Waals surface area (Å²) >= 11 is 3.38. The number of unbranched alkanes of at least 4 members (excludes halogenated alkanes) is 1. The number of alkyl halides is 1. The molecule has 0 fully saturated rings. The van der Waals surface area contributed by atoms with Crippen LogP contribution < -0.4 is 5.32 Å². The first-order valence-electron chi connectivity index (χ1n) is 5.70. The average Bonchev–Trinajstić information content (AvgIpc) is 2.38. The molecule has 4 heteroatoms. The maximum atomic E-state index is 11.8. The van der Waals surface area contributed by atoms with Gasteiger partial charge in [-0.3, -0.25) is 4.79 Å². The summed E-state index contributed by atoms with van der Waals surface area (Å²) in [7, 11) is 1.68. The lowest BCUT2D eigenvalue weighted by Gasteiger charge is -2.06. The third kappa shape index (κ3) is 5.33. The Morgan fingerprint density at radius 1 is 1.41 bits per heavy atom. The van der Waals surface area contributed by atoms with E-state index in [0.29, 0.717) is 12.1 Å². The van der Waals surface area contributed by atoms with E-state index >= 15 is 0 Å². The standard InChI is InChI=1S/C13H18BrNO2/c1-17-8-3-2-7-15-13(16)12-6-4-5-11(9-12)10-14/h4-6,9H,2-3,7-8,10H2,1H3,(H,15,16). The van der Waals surface area contributed by atoms with Gasteiger partial charge in [0.05, 0.1) is 0 Å². The van der Waals surface area contributed by atoms with Crippen LogP contribution in [-0.2, 0) is 10.1 Å². The van der Waals surface area contributed by atoms with Crippen molar-refractivity contribution in [3.63, 3.8) is 0 Å². The van der Waals surface area contributed by atoms with Crippen molar-refractivity contribution in [1.82, 2.24) is 5.32 Å². The summed E-state index contributed by atoms with van der Waals surface area (Å²) in [5.41, 5.74) is 1.82. The normalized spacial score (nSPS) is 10.2. The van der Waals surface area contributed by atoms with E-state index in [2.05, 4.69) is 21.2 Å². The topological polar surface area (TPSA) is 38.3 Å². The molecule has 1 N–H and O–H groups in total. The van der Waals surface area contributed by atoms with Crippen molar-refractivity contribution in [3.8, 4) is 0 Å². The molecule has 0 aliphatic carbocycles. The second-order valence-electron chi connectivity index (χ2n) is 3.79. The molecule has 3 nitrogen and oxygen atoms in total. The van der Waals surface area contributed by atoms with Crippen LogP contribution in [0.25, 0.3) is 0 Å². The quantitative estimate of drug-likeness (QED) is 0.621. The molecule has 0 radical (unpaired) electrons. The van der Waals surface area contributed by atoms with E-state index in [1.165, 1.54) is 0 Å². The molecule has 0 aliphatic rings. The van der Waals surface area contributed by atoms with E-state index in [9.17, 15) is 4.79 Å². The van der Waals surface area contributed by atoms with E-state index in [1.54, 1.807) is 7.11 Å². The van der Waals surface area contributed by atoms with Gasteiger partial charge in [0.15, 0.2) is 0 Å². The first-order chi connectivity index (χ1) is 8.27. The average molecular weight is 300 g/mol. The number of halogens is 1. The molecule has 0 bridgehead atoms. The third-order valence-electron chi connectivity index (χ3n) is 2.40. The number of benzene rings is 1. The zero-order valence-electron chi connectivity index (χ0n) is 10.0. The first kappa shape index (κ1) is 14.2. The van der Waals surface area contributed by atoms with Crippen LogP contribution in [0.3, 0.4) is 0 Å². The van der Waals surface area contributed by atoms with Crippen LogP contribution in [0.1, 0.15) is 28.8 Å². The number of methoxy groups -OCH3 is 1. The molecule has 0 atom stereocenters. The fraction of sp³-hybridized carbons (Fsp3) is 0.462. The van der Waals surface area contributed by atoms with Gasteiger partial charge in [-0.1, -0.05) is 28.1 Å². The minimum Gasteiger partial charge on any atom is -0.385 e. The number of nitrogens with one attached hydrogen (secondary N) is 1. The fourth-order valence-electron chi connectivity index (χ4n) is 1.47. The number of rotatable bonds is 7. The Morgan fingerprint density at radius 2 is 2.24 bits per heavy atom. The van der Waals surface area contributed by atoms with Gasteiger partial charge in [-0.2, -0.15) is 0 Å². The van der Waals surface area contributed by atoms with Gasteiger partial charge < -0.3 is 10.1 Å². The highest BCUT2D eigenvalue weighted by Gasteiger charge is 2.04. The van der Waals surface area contributed by atoms with Crippen LogP contribution in [0.4, 0.5) is 0 Å². The number of amides is 1. The van der Waals surface area contributed by atoms with Crippen molar-refractivity contribution in [2.24, 2.45) is 0 Å². The van der Waals surface area contributed by atoms with Crippen molar-refractivity contribution < 1.29 is 9.53 Å². The molecule has 17 heavy (non-hydrogen) atoms. The molecule has 0 unspecified atom stereocenters. The second-order valence-corrected chi connectivity index (χ2v) is 4.35. The monoisotopic (exact) mass is 299 g/mol. The molecule has 1 rings (SSSR count). The van der Waals surface area contributed by atoms with Crippen molar-refractivity contribution in [2.75, 3.05) is 20.3 Å². The lowest BCUT2D eigenvalue weighted by molar-refractivity contribution is 0.0951. The summed E-state index contributed by atoms with van der Waals surface area (Å²) in [5, 5.41) is 3.67. The Morgan fingerprint density at radius 3 is 2.94 bits per heavy atom. The van der Waals surface area contributed by atoms with Gasteiger partial charge in [0.2, 0.25) is 0 Å². The number of hydrogen-bond donors (Lipinski definition) is 1. The van der Waals surface area contributed by atoms with Gasteiger partial charge in [-0.25, -0.2) is 0 Å². The molecule has 0 spiro atoms. The molecule has 1 aromatic rings. The predicted molar refractivity (Wildman–Crippen MR) is 72.5 cm³/mol. The summed E-state index contributed by atoms with van der Waals surface area (Å²) in [6, 6.07) is 7.62. The second kappa shape index (κ2) is 8.25. The van der Waals surface area contributed by atoms with E-state index in [-0.39, 0.29) is 5.91 Å². The Kier molecular flexibility index (Phi) is 6.89. The molecular formula is C13H18BrNO2. The van der Waals surface area contributed by atoms with Gasteiger partial charge in [0.25, 0.3) is 5.91 Å². The molecule has 1 aromatic carbocycles. The SMILES string of the molecule is COCCCCNC(=O)c1cccc(CBr)c1. The van der Waals surface area contributed by atoms with E-state index in [0.717, 1.165) is 30.3 Å². The van der Waals surface area contributed by atoms with Crippen molar-refractivity contribution in [1.29, 1.82) is 0 Å². The Balaban J connectivity index is 2.36. The van der Waals surface area contributed by atoms with Crippen LogP contribution in [0.5, 0.6) is 0 Å². The summed E-state index contributed by atoms with van der Waals surface area (Å²) in [6.45, 7) is 1.44. The minimum atomic E-state index is -0.00906. The highest BCUT2D eigenvalue weighted by molar-refractivity contribution is 9.08. The summed E-state index contributed by atoms with van der Waals surface area (Å²) in [6.07, 6.45) is 1.91. The molecule has 1 amide bonds. The molecular weight excluding hydrogens is 282 g/mol. The molecule has 0 heterocycles. The lowest BCUT2D eigenvalue weighted by Crippen LogP contribution is -2.24. The van der Waals surface area contributed by atoms with Gasteiger partial charge in [0, 0.05) is 31.2 Å².